The molecule has 0 atom stereocenters. The summed E-state index contributed by atoms with van der Waals surface area (Å²) in [5, 5.41) is 6.26. The van der Waals surface area contributed by atoms with Gasteiger partial charge in [0.2, 0.25) is 5.95 Å². The van der Waals surface area contributed by atoms with Gasteiger partial charge in [0.1, 0.15) is 0 Å². The lowest BCUT2D eigenvalue weighted by atomic mass is 10.0. The van der Waals surface area contributed by atoms with E-state index in [9.17, 15) is 13.2 Å². The minimum Gasteiger partial charge on any atom is -0.357 e. The summed E-state index contributed by atoms with van der Waals surface area (Å²) in [4.78, 5) is 3.51. The summed E-state index contributed by atoms with van der Waals surface area (Å²) in [5.74, 6) is -1.07. The van der Waals surface area contributed by atoms with Gasteiger partial charge in [-0.1, -0.05) is 26.0 Å². The molecule has 0 aliphatic rings. The van der Waals surface area contributed by atoms with E-state index in [0.717, 1.165) is 17.5 Å². The van der Waals surface area contributed by atoms with E-state index in [1.54, 1.807) is 6.07 Å². The number of aromatic nitrogens is 3. The van der Waals surface area contributed by atoms with Crippen molar-refractivity contribution in [1.82, 2.24) is 14.8 Å². The zero-order valence-electron chi connectivity index (χ0n) is 12.1. The van der Waals surface area contributed by atoms with E-state index in [2.05, 4.69) is 15.4 Å². The van der Waals surface area contributed by atoms with Gasteiger partial charge in [-0.3, -0.25) is 0 Å². The molecule has 0 saturated heterocycles. The molecular formula is C14H17F3N4. The minimum absolute atomic E-state index is 0.0706. The second-order valence-electron chi connectivity index (χ2n) is 4.59. The third-order valence-electron chi connectivity index (χ3n) is 3.25. The topological polar surface area (TPSA) is 42.7 Å². The Balaban J connectivity index is 2.58. The molecule has 0 radical (unpaired) electrons. The molecule has 114 valence electrons. The van der Waals surface area contributed by atoms with Crippen molar-refractivity contribution >= 4 is 5.95 Å². The van der Waals surface area contributed by atoms with Gasteiger partial charge in [-0.05, 0) is 30.0 Å². The Labute approximate surface area is 121 Å². The summed E-state index contributed by atoms with van der Waals surface area (Å²) in [7, 11) is 1.52. The molecule has 1 aromatic heterocycles. The number of benzene rings is 1. The number of hydrogen-bond donors (Lipinski definition) is 1. The van der Waals surface area contributed by atoms with Crippen molar-refractivity contribution in [3.8, 4) is 5.69 Å². The maximum Gasteiger partial charge on any atom is 0.453 e. The summed E-state index contributed by atoms with van der Waals surface area (Å²) in [5.41, 5.74) is 2.68. The van der Waals surface area contributed by atoms with Gasteiger partial charge in [0.15, 0.2) is 0 Å². The highest BCUT2D eigenvalue weighted by molar-refractivity contribution is 5.47. The Morgan fingerprint density at radius 3 is 2.43 bits per heavy atom. The zero-order valence-corrected chi connectivity index (χ0v) is 12.1. The van der Waals surface area contributed by atoms with Gasteiger partial charge in [0.25, 0.3) is 5.82 Å². The fraction of sp³-hybridized carbons (Fsp3) is 0.429. The number of rotatable bonds is 4. The molecule has 1 aromatic carbocycles. The number of hydrogen-bond acceptors (Lipinski definition) is 3. The van der Waals surface area contributed by atoms with Crippen molar-refractivity contribution in [2.24, 2.45) is 0 Å². The van der Waals surface area contributed by atoms with Crippen LogP contribution in [0.4, 0.5) is 19.1 Å². The Bertz CT molecular complexity index is 632. The number of anilines is 1. The maximum absolute atomic E-state index is 12.8. The molecule has 2 aromatic rings. The zero-order chi connectivity index (χ0) is 15.6. The summed E-state index contributed by atoms with van der Waals surface area (Å²) < 4.78 is 39.5. The lowest BCUT2D eigenvalue weighted by molar-refractivity contribution is -0.144. The second-order valence-corrected chi connectivity index (χ2v) is 4.59. The predicted octanol–water partition coefficient (Wildman–Crippen LogP) is 3.45. The third-order valence-corrected chi connectivity index (χ3v) is 3.25. The van der Waals surface area contributed by atoms with Gasteiger partial charge in [-0.2, -0.15) is 22.8 Å². The van der Waals surface area contributed by atoms with Crippen LogP contribution in [-0.2, 0) is 19.0 Å². The van der Waals surface area contributed by atoms with E-state index in [4.69, 9.17) is 0 Å². The predicted molar refractivity (Wildman–Crippen MR) is 74.7 cm³/mol. The van der Waals surface area contributed by atoms with Crippen LogP contribution in [0, 0.1) is 0 Å². The Morgan fingerprint density at radius 2 is 1.90 bits per heavy atom. The Kier molecular flexibility index (Phi) is 4.20. The monoisotopic (exact) mass is 298 g/mol. The molecule has 0 saturated carbocycles. The molecule has 2 rings (SSSR count). The first kappa shape index (κ1) is 15.3. The summed E-state index contributed by atoms with van der Waals surface area (Å²) in [6.07, 6.45) is -2.99. The van der Waals surface area contributed by atoms with Crippen LogP contribution in [0.15, 0.2) is 18.2 Å². The van der Waals surface area contributed by atoms with E-state index in [1.807, 2.05) is 26.0 Å². The second kappa shape index (κ2) is 5.75. The van der Waals surface area contributed by atoms with Crippen LogP contribution in [0.25, 0.3) is 5.69 Å². The Morgan fingerprint density at radius 1 is 1.19 bits per heavy atom. The van der Waals surface area contributed by atoms with Crippen LogP contribution < -0.4 is 5.32 Å². The maximum atomic E-state index is 12.8. The van der Waals surface area contributed by atoms with Crippen molar-refractivity contribution in [2.75, 3.05) is 12.4 Å². The molecule has 0 bridgehead atoms. The van der Waals surface area contributed by atoms with E-state index in [-0.39, 0.29) is 5.95 Å². The van der Waals surface area contributed by atoms with E-state index >= 15 is 0 Å². The van der Waals surface area contributed by atoms with Crippen LogP contribution in [0.2, 0.25) is 0 Å². The number of nitrogens with zero attached hydrogens (tertiary/aromatic N) is 3. The van der Waals surface area contributed by atoms with Crippen molar-refractivity contribution in [1.29, 1.82) is 0 Å². The third kappa shape index (κ3) is 3.01. The molecule has 21 heavy (non-hydrogen) atoms. The molecule has 0 spiro atoms. The highest BCUT2D eigenvalue weighted by Gasteiger charge is 2.37. The van der Waals surface area contributed by atoms with Gasteiger partial charge in [-0.15, -0.1) is 5.10 Å². The SMILES string of the molecule is CCc1ccc(-n2nc(C(F)(F)F)nc2NC)c(CC)c1. The van der Waals surface area contributed by atoms with Crippen molar-refractivity contribution < 1.29 is 13.2 Å². The molecule has 1 N–H and O–H groups in total. The number of aryl methyl sites for hydroxylation is 2. The van der Waals surface area contributed by atoms with E-state index < -0.39 is 12.0 Å². The molecule has 7 heteroatoms. The molecule has 0 unspecified atom stereocenters. The number of alkyl halides is 3. The standard InChI is InChI=1S/C14H17F3N4/c1-4-9-6-7-11(10(5-2)8-9)21-13(18-3)19-12(20-21)14(15,16)17/h6-8H,4-5H2,1-3H3,(H,18,19,20). The average Bonchev–Trinajstić information content (AvgIpc) is 2.90. The van der Waals surface area contributed by atoms with Crippen LogP contribution >= 0.6 is 0 Å². The van der Waals surface area contributed by atoms with Gasteiger partial charge < -0.3 is 5.32 Å². The molecule has 0 aliphatic carbocycles. The van der Waals surface area contributed by atoms with Crippen molar-refractivity contribution in [3.63, 3.8) is 0 Å². The minimum atomic E-state index is -4.56. The summed E-state index contributed by atoms with van der Waals surface area (Å²) in [6.45, 7) is 3.99. The molecule has 0 fully saturated rings. The van der Waals surface area contributed by atoms with Gasteiger partial charge in [0, 0.05) is 7.05 Å². The van der Waals surface area contributed by atoms with Crippen LogP contribution in [0.5, 0.6) is 0 Å². The average molecular weight is 298 g/mol. The van der Waals surface area contributed by atoms with Gasteiger partial charge in [0.05, 0.1) is 5.69 Å². The number of nitrogens with one attached hydrogen (secondary N) is 1. The van der Waals surface area contributed by atoms with Gasteiger partial charge in [-0.25, -0.2) is 0 Å². The van der Waals surface area contributed by atoms with Crippen molar-refractivity contribution in [3.05, 3.63) is 35.2 Å². The number of halogens is 3. The van der Waals surface area contributed by atoms with Gasteiger partial charge >= 0.3 is 6.18 Å². The van der Waals surface area contributed by atoms with Crippen LogP contribution in [-0.4, -0.2) is 21.8 Å². The molecule has 0 amide bonds. The van der Waals surface area contributed by atoms with Crippen molar-refractivity contribution in [2.45, 2.75) is 32.9 Å². The lowest BCUT2D eigenvalue weighted by Crippen LogP contribution is -2.09. The summed E-state index contributed by atoms with van der Waals surface area (Å²) in [6, 6.07) is 5.67. The first-order valence-corrected chi connectivity index (χ1v) is 6.74. The fourth-order valence-electron chi connectivity index (χ4n) is 2.11. The molecule has 4 nitrogen and oxygen atoms in total. The largest absolute Gasteiger partial charge is 0.453 e. The normalized spacial score (nSPS) is 11.7. The lowest BCUT2D eigenvalue weighted by Gasteiger charge is -2.11. The van der Waals surface area contributed by atoms with E-state index in [1.165, 1.54) is 11.7 Å². The fourth-order valence-corrected chi connectivity index (χ4v) is 2.11. The first-order chi connectivity index (χ1) is 9.90. The highest BCUT2D eigenvalue weighted by Crippen LogP contribution is 2.29. The first-order valence-electron chi connectivity index (χ1n) is 6.74. The highest BCUT2D eigenvalue weighted by atomic mass is 19.4. The quantitative estimate of drug-likeness (QED) is 0.940. The molecular weight excluding hydrogens is 281 g/mol. The smallest absolute Gasteiger partial charge is 0.357 e. The summed E-state index contributed by atoms with van der Waals surface area (Å²) >= 11 is 0. The van der Waals surface area contributed by atoms with E-state index in [0.29, 0.717) is 12.1 Å². The molecule has 1 heterocycles. The van der Waals surface area contributed by atoms with Crippen LogP contribution in [0.1, 0.15) is 30.8 Å². The molecule has 0 aliphatic heterocycles. The van der Waals surface area contributed by atoms with Crippen LogP contribution in [0.3, 0.4) is 0 Å². The Hall–Kier alpha value is -2.05.